The van der Waals surface area contributed by atoms with Crippen LogP contribution in [0.15, 0.2) is 41.9 Å². The molecule has 0 saturated heterocycles. The van der Waals surface area contributed by atoms with E-state index >= 15 is 0 Å². The van der Waals surface area contributed by atoms with Gasteiger partial charge in [0, 0.05) is 13.6 Å². The summed E-state index contributed by atoms with van der Waals surface area (Å²) in [6.45, 7) is -2.73. The molecule has 142 valence electrons. The van der Waals surface area contributed by atoms with Gasteiger partial charge in [-0.2, -0.15) is 8.78 Å². The number of methoxy groups -OCH3 is 1. The first-order valence-electron chi connectivity index (χ1n) is 7.85. The summed E-state index contributed by atoms with van der Waals surface area (Å²) in [5.74, 6) is -0.0536. The molecule has 0 atom stereocenters. The zero-order valence-electron chi connectivity index (χ0n) is 14.5. The van der Waals surface area contributed by atoms with Crippen LogP contribution in [0.3, 0.4) is 0 Å². The fraction of sp³-hybridized carbons (Fsp3) is 0.222. The summed E-state index contributed by atoms with van der Waals surface area (Å²) >= 11 is 2.88. The third kappa shape index (κ3) is 4.61. The molecule has 1 amide bonds. The molecular formula is C18H16F2N2O3S2. The van der Waals surface area contributed by atoms with E-state index in [1.807, 2.05) is 17.5 Å². The van der Waals surface area contributed by atoms with E-state index in [-0.39, 0.29) is 24.0 Å². The molecule has 0 fully saturated rings. The number of alkyl halides is 2. The maximum Gasteiger partial charge on any atom is 0.387 e. The first-order chi connectivity index (χ1) is 13.0. The van der Waals surface area contributed by atoms with E-state index in [0.717, 1.165) is 9.88 Å². The van der Waals surface area contributed by atoms with Crippen LogP contribution in [0, 0.1) is 0 Å². The van der Waals surface area contributed by atoms with E-state index in [4.69, 9.17) is 4.74 Å². The summed E-state index contributed by atoms with van der Waals surface area (Å²) in [4.78, 5) is 20.0. The average molecular weight is 410 g/mol. The highest BCUT2D eigenvalue weighted by molar-refractivity contribution is 7.21. The summed E-state index contributed by atoms with van der Waals surface area (Å²) in [5.41, 5.74) is 0.644. The van der Waals surface area contributed by atoms with E-state index in [9.17, 15) is 13.6 Å². The van der Waals surface area contributed by atoms with Gasteiger partial charge in [0.05, 0.1) is 18.2 Å². The summed E-state index contributed by atoms with van der Waals surface area (Å²) in [7, 11) is 3.02. The van der Waals surface area contributed by atoms with Gasteiger partial charge < -0.3 is 14.4 Å². The molecule has 3 rings (SSSR count). The van der Waals surface area contributed by atoms with E-state index in [1.165, 1.54) is 35.5 Å². The highest BCUT2D eigenvalue weighted by Gasteiger charge is 2.18. The number of thiophene rings is 1. The van der Waals surface area contributed by atoms with E-state index < -0.39 is 6.61 Å². The molecule has 0 aliphatic heterocycles. The van der Waals surface area contributed by atoms with Gasteiger partial charge in [0.15, 0.2) is 11.5 Å². The monoisotopic (exact) mass is 410 g/mol. The molecule has 2 aromatic heterocycles. The number of benzene rings is 1. The largest absolute Gasteiger partial charge is 0.493 e. The second-order valence-corrected chi connectivity index (χ2v) is 7.51. The maximum atomic E-state index is 12.6. The number of nitrogens with zero attached hydrogens (tertiary/aromatic N) is 2. The molecule has 0 unspecified atom stereocenters. The highest BCUT2D eigenvalue weighted by Crippen LogP contribution is 2.31. The average Bonchev–Trinajstić information content (AvgIpc) is 3.32. The Morgan fingerprint density at radius 2 is 2.11 bits per heavy atom. The number of amides is 1. The van der Waals surface area contributed by atoms with Gasteiger partial charge in [-0.25, -0.2) is 4.98 Å². The summed E-state index contributed by atoms with van der Waals surface area (Å²) in [5, 5.41) is 2.74. The molecule has 1 aromatic carbocycles. The number of thiazole rings is 1. The molecule has 5 nitrogen and oxygen atoms in total. The van der Waals surface area contributed by atoms with Crippen molar-refractivity contribution in [1.29, 1.82) is 0 Å². The zero-order chi connectivity index (χ0) is 19.4. The topological polar surface area (TPSA) is 51.7 Å². The molecule has 0 aliphatic carbocycles. The van der Waals surface area contributed by atoms with Crippen molar-refractivity contribution in [3.63, 3.8) is 0 Å². The summed E-state index contributed by atoms with van der Waals surface area (Å²) in [6, 6.07) is 8.55. The molecule has 0 N–H and O–H groups in total. The number of hydrogen-bond donors (Lipinski definition) is 0. The van der Waals surface area contributed by atoms with Gasteiger partial charge >= 0.3 is 6.61 Å². The minimum Gasteiger partial charge on any atom is -0.493 e. The summed E-state index contributed by atoms with van der Waals surface area (Å²) < 4.78 is 34.6. The molecule has 27 heavy (non-hydrogen) atoms. The number of aromatic nitrogens is 1. The Balaban J connectivity index is 1.73. The third-order valence-corrected chi connectivity index (χ3v) is 5.68. The van der Waals surface area contributed by atoms with Gasteiger partial charge in [-0.3, -0.25) is 4.79 Å². The van der Waals surface area contributed by atoms with Gasteiger partial charge in [0.25, 0.3) is 5.91 Å². The SMILES string of the molecule is COc1ccc(CN(C)C(=O)c2cnc(-c3cccs3)s2)cc1OC(F)F. The number of carbonyl (C=O) groups is 1. The fourth-order valence-corrected chi connectivity index (χ4v) is 4.14. The molecule has 0 bridgehead atoms. The molecule has 2 heterocycles. The van der Waals surface area contributed by atoms with Crippen LogP contribution in [0.1, 0.15) is 15.2 Å². The molecule has 0 radical (unpaired) electrons. The van der Waals surface area contributed by atoms with Crippen LogP contribution in [0.25, 0.3) is 9.88 Å². The minimum absolute atomic E-state index is 0.0661. The number of rotatable bonds is 7. The normalized spacial score (nSPS) is 10.9. The first kappa shape index (κ1) is 19.2. The molecular weight excluding hydrogens is 394 g/mol. The predicted molar refractivity (Wildman–Crippen MR) is 101 cm³/mol. The number of ether oxygens (including phenoxy) is 2. The first-order valence-corrected chi connectivity index (χ1v) is 9.54. The zero-order valence-corrected chi connectivity index (χ0v) is 16.2. The second kappa shape index (κ2) is 8.45. The Morgan fingerprint density at radius 3 is 2.78 bits per heavy atom. The van der Waals surface area contributed by atoms with Crippen LogP contribution in [0.2, 0.25) is 0 Å². The van der Waals surface area contributed by atoms with Crippen molar-refractivity contribution >= 4 is 28.6 Å². The Labute approximate surface area is 162 Å². The lowest BCUT2D eigenvalue weighted by molar-refractivity contribution is -0.0512. The fourth-order valence-electron chi connectivity index (χ4n) is 2.43. The Hall–Kier alpha value is -2.52. The Bertz CT molecular complexity index is 913. The summed E-state index contributed by atoms with van der Waals surface area (Å²) in [6.07, 6.45) is 1.55. The lowest BCUT2D eigenvalue weighted by atomic mass is 10.2. The van der Waals surface area contributed by atoms with Crippen LogP contribution in [-0.4, -0.2) is 36.6 Å². The van der Waals surface area contributed by atoms with Crippen molar-refractivity contribution in [2.45, 2.75) is 13.2 Å². The lowest BCUT2D eigenvalue weighted by Crippen LogP contribution is -2.25. The van der Waals surface area contributed by atoms with Gasteiger partial charge in [0.1, 0.15) is 9.88 Å². The number of halogens is 2. The quantitative estimate of drug-likeness (QED) is 0.564. The lowest BCUT2D eigenvalue weighted by Gasteiger charge is -2.17. The van der Waals surface area contributed by atoms with Gasteiger partial charge in [0.2, 0.25) is 0 Å². The van der Waals surface area contributed by atoms with Crippen molar-refractivity contribution in [1.82, 2.24) is 9.88 Å². The Morgan fingerprint density at radius 1 is 1.30 bits per heavy atom. The molecule has 3 aromatic rings. The van der Waals surface area contributed by atoms with Gasteiger partial charge in [-0.05, 0) is 29.1 Å². The predicted octanol–water partition coefficient (Wildman–Crippen LogP) is 4.75. The maximum absolute atomic E-state index is 12.6. The minimum atomic E-state index is -2.96. The third-order valence-electron chi connectivity index (χ3n) is 3.66. The van der Waals surface area contributed by atoms with Crippen LogP contribution < -0.4 is 9.47 Å². The highest BCUT2D eigenvalue weighted by atomic mass is 32.1. The van der Waals surface area contributed by atoms with Crippen molar-refractivity contribution < 1.29 is 23.0 Å². The molecule has 9 heteroatoms. The van der Waals surface area contributed by atoms with Crippen LogP contribution >= 0.6 is 22.7 Å². The Kier molecular flexibility index (Phi) is 6.02. The molecule has 0 aliphatic rings. The van der Waals surface area contributed by atoms with Crippen LogP contribution in [0.5, 0.6) is 11.5 Å². The van der Waals surface area contributed by atoms with E-state index in [2.05, 4.69) is 9.72 Å². The second-order valence-electron chi connectivity index (χ2n) is 5.53. The van der Waals surface area contributed by atoms with Crippen molar-refractivity contribution in [2.75, 3.05) is 14.2 Å². The van der Waals surface area contributed by atoms with E-state index in [1.54, 1.807) is 30.6 Å². The van der Waals surface area contributed by atoms with Crippen LogP contribution in [0.4, 0.5) is 8.78 Å². The van der Waals surface area contributed by atoms with Gasteiger partial charge in [-0.15, -0.1) is 22.7 Å². The standard InChI is InChI=1S/C18H16F2N2O3S2/c1-22(10-11-5-6-12(24-2)13(8-11)25-18(19)20)17(23)15-9-21-16(27-15)14-4-3-7-26-14/h3-9,18H,10H2,1-2H3. The van der Waals surface area contributed by atoms with Gasteiger partial charge in [-0.1, -0.05) is 12.1 Å². The number of carbonyl (C=O) groups excluding carboxylic acids is 1. The smallest absolute Gasteiger partial charge is 0.387 e. The van der Waals surface area contributed by atoms with Crippen molar-refractivity contribution in [3.8, 4) is 21.4 Å². The molecule has 0 spiro atoms. The van der Waals surface area contributed by atoms with Crippen molar-refractivity contribution in [3.05, 3.63) is 52.3 Å². The van der Waals surface area contributed by atoms with Crippen molar-refractivity contribution in [2.24, 2.45) is 0 Å². The number of hydrogen-bond acceptors (Lipinski definition) is 6. The van der Waals surface area contributed by atoms with Crippen LogP contribution in [-0.2, 0) is 6.54 Å². The molecule has 0 saturated carbocycles. The van der Waals surface area contributed by atoms with E-state index in [0.29, 0.717) is 10.4 Å².